The summed E-state index contributed by atoms with van der Waals surface area (Å²) in [5.74, 6) is 0. The quantitative estimate of drug-likeness (QED) is 0.677. The van der Waals surface area contributed by atoms with Gasteiger partial charge in [-0.3, -0.25) is 0 Å². The summed E-state index contributed by atoms with van der Waals surface area (Å²) >= 11 is 3.45. The van der Waals surface area contributed by atoms with Crippen molar-refractivity contribution in [2.24, 2.45) is 4.99 Å². The van der Waals surface area contributed by atoms with E-state index in [4.69, 9.17) is 4.99 Å². The first-order valence-electron chi connectivity index (χ1n) is 7.70. The molecular formula is C20H15BrN2O. The molecule has 4 rings (SSSR count). The molecule has 3 nitrogen and oxygen atoms in total. The van der Waals surface area contributed by atoms with Crippen LogP contribution >= 0.6 is 15.9 Å². The molecule has 0 saturated heterocycles. The maximum Gasteiger partial charge on any atom is 0.175 e. The van der Waals surface area contributed by atoms with E-state index in [0.717, 1.165) is 27.1 Å². The number of aliphatic hydroxyl groups excluding tert-OH is 1. The Bertz CT molecular complexity index is 891. The van der Waals surface area contributed by atoms with Crippen LogP contribution in [0.2, 0.25) is 0 Å². The molecule has 3 aromatic carbocycles. The number of para-hydroxylation sites is 3. The molecule has 0 aliphatic carbocycles. The van der Waals surface area contributed by atoms with Crippen molar-refractivity contribution in [2.45, 2.75) is 6.23 Å². The Morgan fingerprint density at radius 2 is 1.50 bits per heavy atom. The lowest BCUT2D eigenvalue weighted by Gasteiger charge is -2.35. The number of aliphatic hydroxyl groups is 1. The molecule has 0 aromatic heterocycles. The molecule has 0 bridgehead atoms. The van der Waals surface area contributed by atoms with E-state index in [2.05, 4.69) is 15.9 Å². The highest BCUT2D eigenvalue weighted by Crippen LogP contribution is 2.39. The van der Waals surface area contributed by atoms with E-state index in [0.29, 0.717) is 5.71 Å². The summed E-state index contributed by atoms with van der Waals surface area (Å²) in [5, 5.41) is 11.0. The first-order chi connectivity index (χ1) is 11.7. The SMILES string of the molecule is OC1C(c2ccc(Br)cc2)=Nc2ccccc2N1c1ccccc1. The number of rotatable bonds is 2. The van der Waals surface area contributed by atoms with Gasteiger partial charge in [0.15, 0.2) is 6.23 Å². The van der Waals surface area contributed by atoms with Gasteiger partial charge in [-0.05, 0) is 36.4 Å². The van der Waals surface area contributed by atoms with Crippen molar-refractivity contribution in [3.8, 4) is 0 Å². The summed E-state index contributed by atoms with van der Waals surface area (Å²) < 4.78 is 0.998. The second-order valence-corrected chi connectivity index (χ2v) is 6.49. The zero-order chi connectivity index (χ0) is 16.5. The van der Waals surface area contributed by atoms with E-state index >= 15 is 0 Å². The topological polar surface area (TPSA) is 35.8 Å². The van der Waals surface area contributed by atoms with Crippen molar-refractivity contribution in [1.82, 2.24) is 0 Å². The van der Waals surface area contributed by atoms with Crippen LogP contribution in [0.1, 0.15) is 5.56 Å². The standard InChI is InChI=1S/C20H15BrN2O/c21-15-12-10-14(11-13-15)19-20(24)23(16-6-2-1-3-7-16)18-9-5-4-8-17(18)22-19/h1-13,20,24H. The van der Waals surface area contributed by atoms with Crippen LogP contribution in [-0.4, -0.2) is 17.0 Å². The van der Waals surface area contributed by atoms with Crippen LogP contribution in [0.3, 0.4) is 0 Å². The maximum absolute atomic E-state index is 11.0. The summed E-state index contributed by atoms with van der Waals surface area (Å²) in [7, 11) is 0. The predicted octanol–water partition coefficient (Wildman–Crippen LogP) is 5.04. The number of anilines is 2. The second kappa shape index (κ2) is 6.23. The molecule has 1 unspecified atom stereocenters. The minimum atomic E-state index is -0.844. The number of hydrogen-bond donors (Lipinski definition) is 1. The molecule has 0 fully saturated rings. The van der Waals surface area contributed by atoms with Crippen molar-refractivity contribution in [1.29, 1.82) is 0 Å². The molecule has 0 radical (unpaired) electrons. The van der Waals surface area contributed by atoms with Crippen LogP contribution in [0.25, 0.3) is 0 Å². The van der Waals surface area contributed by atoms with E-state index in [1.807, 2.05) is 83.8 Å². The van der Waals surface area contributed by atoms with Crippen molar-refractivity contribution >= 4 is 38.7 Å². The highest BCUT2D eigenvalue weighted by molar-refractivity contribution is 9.10. The Kier molecular flexibility index (Phi) is 3.92. The minimum Gasteiger partial charge on any atom is -0.368 e. The zero-order valence-corrected chi connectivity index (χ0v) is 14.4. The van der Waals surface area contributed by atoms with E-state index in [1.165, 1.54) is 0 Å². The van der Waals surface area contributed by atoms with Crippen molar-refractivity contribution in [3.05, 3.63) is 88.9 Å². The lowest BCUT2D eigenvalue weighted by atomic mass is 10.0. The van der Waals surface area contributed by atoms with Crippen LogP contribution in [0.15, 0.2) is 88.3 Å². The van der Waals surface area contributed by atoms with E-state index in [9.17, 15) is 5.11 Å². The summed E-state index contributed by atoms with van der Waals surface area (Å²) in [5.41, 5.74) is 4.23. The van der Waals surface area contributed by atoms with Crippen molar-refractivity contribution in [3.63, 3.8) is 0 Å². The van der Waals surface area contributed by atoms with Gasteiger partial charge in [-0.15, -0.1) is 0 Å². The van der Waals surface area contributed by atoms with Crippen molar-refractivity contribution < 1.29 is 5.11 Å². The van der Waals surface area contributed by atoms with Gasteiger partial charge < -0.3 is 10.0 Å². The summed E-state index contributed by atoms with van der Waals surface area (Å²) in [6.45, 7) is 0. The maximum atomic E-state index is 11.0. The Morgan fingerprint density at radius 1 is 0.833 bits per heavy atom. The lowest BCUT2D eigenvalue weighted by Crippen LogP contribution is -2.40. The molecule has 4 heteroatoms. The highest BCUT2D eigenvalue weighted by atomic mass is 79.9. The smallest absolute Gasteiger partial charge is 0.175 e. The second-order valence-electron chi connectivity index (χ2n) is 5.57. The monoisotopic (exact) mass is 378 g/mol. The molecule has 24 heavy (non-hydrogen) atoms. The molecule has 0 saturated carbocycles. The van der Waals surface area contributed by atoms with E-state index in [-0.39, 0.29) is 0 Å². The van der Waals surface area contributed by atoms with Gasteiger partial charge in [0.2, 0.25) is 0 Å². The van der Waals surface area contributed by atoms with Crippen LogP contribution < -0.4 is 4.90 Å². The molecule has 1 aliphatic heterocycles. The van der Waals surface area contributed by atoms with Gasteiger partial charge in [-0.2, -0.15) is 0 Å². The number of benzene rings is 3. The number of nitrogens with zero attached hydrogens (tertiary/aromatic N) is 2. The Hall–Kier alpha value is -2.43. The van der Waals surface area contributed by atoms with Gasteiger partial charge in [0.1, 0.15) is 0 Å². The van der Waals surface area contributed by atoms with Crippen LogP contribution in [0.5, 0.6) is 0 Å². The number of hydrogen-bond acceptors (Lipinski definition) is 3. The lowest BCUT2D eigenvalue weighted by molar-refractivity contribution is 0.247. The summed E-state index contributed by atoms with van der Waals surface area (Å²) in [4.78, 5) is 6.63. The molecule has 0 spiro atoms. The Labute approximate surface area is 149 Å². The fourth-order valence-electron chi connectivity index (χ4n) is 2.91. The normalized spacial score (nSPS) is 16.5. The summed E-state index contributed by atoms with van der Waals surface area (Å²) in [6.07, 6.45) is -0.844. The van der Waals surface area contributed by atoms with Gasteiger partial charge in [0.05, 0.1) is 17.1 Å². The third-order valence-corrected chi connectivity index (χ3v) is 4.57. The van der Waals surface area contributed by atoms with E-state index in [1.54, 1.807) is 0 Å². The van der Waals surface area contributed by atoms with Crippen LogP contribution in [-0.2, 0) is 0 Å². The molecule has 118 valence electrons. The number of aliphatic imine (C=N–C) groups is 1. The number of fused-ring (bicyclic) bond motifs is 1. The predicted molar refractivity (Wildman–Crippen MR) is 101 cm³/mol. The van der Waals surface area contributed by atoms with Gasteiger partial charge in [-0.25, -0.2) is 4.99 Å². The average Bonchev–Trinajstić information content (AvgIpc) is 2.63. The van der Waals surface area contributed by atoms with E-state index < -0.39 is 6.23 Å². The first kappa shape index (κ1) is 15.1. The Morgan fingerprint density at radius 3 is 2.25 bits per heavy atom. The van der Waals surface area contributed by atoms with Gasteiger partial charge in [0.25, 0.3) is 0 Å². The zero-order valence-electron chi connectivity index (χ0n) is 12.8. The first-order valence-corrected chi connectivity index (χ1v) is 8.49. The third-order valence-electron chi connectivity index (χ3n) is 4.05. The van der Waals surface area contributed by atoms with Crippen LogP contribution in [0.4, 0.5) is 17.1 Å². The molecule has 1 heterocycles. The number of halogens is 1. The molecule has 3 aromatic rings. The fourth-order valence-corrected chi connectivity index (χ4v) is 3.17. The molecule has 1 N–H and O–H groups in total. The van der Waals surface area contributed by atoms with Gasteiger partial charge in [-0.1, -0.05) is 58.4 Å². The largest absolute Gasteiger partial charge is 0.368 e. The molecule has 1 aliphatic rings. The fraction of sp³-hybridized carbons (Fsp3) is 0.0500. The third kappa shape index (κ3) is 2.64. The molecular weight excluding hydrogens is 364 g/mol. The molecule has 1 atom stereocenters. The minimum absolute atomic E-state index is 0.644. The Balaban J connectivity index is 1.88. The van der Waals surface area contributed by atoms with Crippen molar-refractivity contribution in [2.75, 3.05) is 4.90 Å². The van der Waals surface area contributed by atoms with Gasteiger partial charge in [0, 0.05) is 15.7 Å². The highest BCUT2D eigenvalue weighted by Gasteiger charge is 2.30. The van der Waals surface area contributed by atoms with Crippen LogP contribution in [0, 0.1) is 0 Å². The average molecular weight is 379 g/mol. The van der Waals surface area contributed by atoms with Gasteiger partial charge >= 0.3 is 0 Å². The summed E-state index contributed by atoms with van der Waals surface area (Å²) in [6, 6.07) is 25.6. The molecule has 0 amide bonds.